The average molecular weight is 498 g/mol. The largest absolute Gasteiger partial charge is 0.417 e. The number of carbonyl (C=O) groups excluding carboxylic acids is 1. The van der Waals surface area contributed by atoms with Crippen molar-refractivity contribution in [2.45, 2.75) is 43.3 Å². The molecule has 2 unspecified atom stereocenters. The number of alkyl halides is 3. The van der Waals surface area contributed by atoms with Gasteiger partial charge in [-0.3, -0.25) is 9.69 Å². The summed E-state index contributed by atoms with van der Waals surface area (Å²) in [4.78, 5) is 13.8. The van der Waals surface area contributed by atoms with E-state index < -0.39 is 32.7 Å². The number of benzene rings is 2. The van der Waals surface area contributed by atoms with Crippen LogP contribution in [-0.4, -0.2) is 62.3 Å². The molecular weight excluding hydrogens is 467 g/mol. The SMILES string of the molecule is CCC(CNC(=O)C(C)N1CCN(S(=O)(=O)c2ccccc2C(F)(F)F)CC1)c1ccccc1. The van der Waals surface area contributed by atoms with Gasteiger partial charge in [-0.15, -0.1) is 0 Å². The van der Waals surface area contributed by atoms with Crippen LogP contribution in [0, 0.1) is 0 Å². The van der Waals surface area contributed by atoms with Gasteiger partial charge in [-0.2, -0.15) is 17.5 Å². The van der Waals surface area contributed by atoms with Gasteiger partial charge in [0.1, 0.15) is 0 Å². The number of hydrogen-bond donors (Lipinski definition) is 1. The second-order valence-corrected chi connectivity index (χ2v) is 10.3. The quantitative estimate of drug-likeness (QED) is 0.604. The molecule has 0 saturated carbocycles. The summed E-state index contributed by atoms with van der Waals surface area (Å²) in [5.74, 6) is 0.0288. The van der Waals surface area contributed by atoms with Crippen molar-refractivity contribution in [3.05, 3.63) is 65.7 Å². The van der Waals surface area contributed by atoms with Crippen LogP contribution in [0.5, 0.6) is 0 Å². The molecule has 0 aromatic heterocycles. The maximum Gasteiger partial charge on any atom is 0.417 e. The summed E-state index contributed by atoms with van der Waals surface area (Å²) in [6.07, 6.45) is -3.90. The van der Waals surface area contributed by atoms with Crippen LogP contribution in [-0.2, 0) is 21.0 Å². The van der Waals surface area contributed by atoms with E-state index in [1.54, 1.807) is 6.92 Å². The van der Waals surface area contributed by atoms with E-state index in [4.69, 9.17) is 0 Å². The predicted molar refractivity (Wildman–Crippen MR) is 124 cm³/mol. The average Bonchev–Trinajstić information content (AvgIpc) is 2.84. The molecule has 2 aromatic rings. The molecule has 0 spiro atoms. The lowest BCUT2D eigenvalue weighted by atomic mass is 9.96. The zero-order valence-corrected chi connectivity index (χ0v) is 20.1. The Hall–Kier alpha value is -2.43. The normalized spacial score (nSPS) is 17.8. The van der Waals surface area contributed by atoms with Crippen molar-refractivity contribution in [1.29, 1.82) is 0 Å². The minimum Gasteiger partial charge on any atom is -0.354 e. The van der Waals surface area contributed by atoms with Gasteiger partial charge in [0.2, 0.25) is 15.9 Å². The van der Waals surface area contributed by atoms with E-state index in [2.05, 4.69) is 12.2 Å². The van der Waals surface area contributed by atoms with E-state index >= 15 is 0 Å². The number of nitrogens with one attached hydrogen (secondary N) is 1. The second-order valence-electron chi connectivity index (χ2n) is 8.37. The van der Waals surface area contributed by atoms with Gasteiger partial charge in [0.15, 0.2) is 0 Å². The Morgan fingerprint density at radius 3 is 2.18 bits per heavy atom. The monoisotopic (exact) mass is 497 g/mol. The lowest BCUT2D eigenvalue weighted by Crippen LogP contribution is -2.55. The van der Waals surface area contributed by atoms with Crippen LogP contribution < -0.4 is 5.32 Å². The van der Waals surface area contributed by atoms with E-state index in [9.17, 15) is 26.4 Å². The molecule has 1 amide bonds. The van der Waals surface area contributed by atoms with Crippen molar-refractivity contribution in [3.8, 4) is 0 Å². The fraction of sp³-hybridized carbons (Fsp3) is 0.458. The second kappa shape index (κ2) is 10.9. The number of nitrogens with zero attached hydrogens (tertiary/aromatic N) is 2. The predicted octanol–water partition coefficient (Wildman–Crippen LogP) is 3.71. The van der Waals surface area contributed by atoms with Crippen LogP contribution in [0.2, 0.25) is 0 Å². The van der Waals surface area contributed by atoms with E-state index in [-0.39, 0.29) is 38.0 Å². The number of halogens is 3. The Kier molecular flexibility index (Phi) is 8.38. The summed E-state index contributed by atoms with van der Waals surface area (Å²) < 4.78 is 66.9. The molecule has 1 aliphatic rings. The molecule has 10 heteroatoms. The fourth-order valence-electron chi connectivity index (χ4n) is 4.16. The van der Waals surface area contributed by atoms with Gasteiger partial charge in [0.25, 0.3) is 0 Å². The summed E-state index contributed by atoms with van der Waals surface area (Å²) >= 11 is 0. The first kappa shape index (κ1) is 26.2. The number of hydrogen-bond acceptors (Lipinski definition) is 4. The number of piperazine rings is 1. The molecule has 2 atom stereocenters. The Bertz CT molecular complexity index is 1070. The number of sulfonamides is 1. The van der Waals surface area contributed by atoms with Crippen molar-refractivity contribution in [2.75, 3.05) is 32.7 Å². The Labute approximate surface area is 198 Å². The molecule has 1 saturated heterocycles. The number of carbonyl (C=O) groups is 1. The van der Waals surface area contributed by atoms with E-state index in [0.717, 1.165) is 28.4 Å². The first-order valence-corrected chi connectivity index (χ1v) is 12.7. The first-order valence-electron chi connectivity index (χ1n) is 11.3. The summed E-state index contributed by atoms with van der Waals surface area (Å²) in [7, 11) is -4.31. The van der Waals surface area contributed by atoms with Gasteiger partial charge < -0.3 is 5.32 Å². The van der Waals surface area contributed by atoms with Gasteiger partial charge >= 0.3 is 6.18 Å². The molecule has 1 aliphatic heterocycles. The third kappa shape index (κ3) is 5.97. The highest BCUT2D eigenvalue weighted by molar-refractivity contribution is 7.89. The topological polar surface area (TPSA) is 69.7 Å². The van der Waals surface area contributed by atoms with Crippen LogP contribution in [0.3, 0.4) is 0 Å². The van der Waals surface area contributed by atoms with Crippen LogP contribution in [0.4, 0.5) is 13.2 Å². The lowest BCUT2D eigenvalue weighted by molar-refractivity contribution is -0.140. The van der Waals surface area contributed by atoms with Crippen molar-refractivity contribution in [3.63, 3.8) is 0 Å². The molecule has 1 N–H and O–H groups in total. The van der Waals surface area contributed by atoms with E-state index in [0.29, 0.717) is 6.54 Å². The zero-order valence-electron chi connectivity index (χ0n) is 19.3. The van der Waals surface area contributed by atoms with Crippen molar-refractivity contribution >= 4 is 15.9 Å². The highest BCUT2D eigenvalue weighted by Crippen LogP contribution is 2.35. The van der Waals surface area contributed by atoms with Crippen LogP contribution in [0.15, 0.2) is 59.5 Å². The Morgan fingerprint density at radius 2 is 1.59 bits per heavy atom. The van der Waals surface area contributed by atoms with Crippen LogP contribution in [0.1, 0.15) is 37.3 Å². The zero-order chi connectivity index (χ0) is 24.9. The van der Waals surface area contributed by atoms with Gasteiger partial charge in [-0.25, -0.2) is 8.42 Å². The molecule has 0 radical (unpaired) electrons. The minimum atomic E-state index is -4.77. The molecular formula is C24H30F3N3O3S. The fourth-order valence-corrected chi connectivity index (χ4v) is 5.79. The standard InChI is InChI=1S/C24H30F3N3O3S/c1-3-19(20-9-5-4-6-10-20)17-28-23(31)18(2)29-13-15-30(16-14-29)34(32,33)22-12-8-7-11-21(22)24(25,26)27/h4-12,18-19H,3,13-17H2,1-2H3,(H,28,31). The molecule has 1 fully saturated rings. The highest BCUT2D eigenvalue weighted by atomic mass is 32.2. The summed E-state index contributed by atoms with van der Waals surface area (Å²) in [6, 6.07) is 13.6. The van der Waals surface area contributed by atoms with E-state index in [1.807, 2.05) is 35.2 Å². The Morgan fingerprint density at radius 1 is 1.00 bits per heavy atom. The van der Waals surface area contributed by atoms with Gasteiger partial charge in [0, 0.05) is 38.6 Å². The third-order valence-corrected chi connectivity index (χ3v) is 8.25. The van der Waals surface area contributed by atoms with Crippen molar-refractivity contribution < 1.29 is 26.4 Å². The Balaban J connectivity index is 1.59. The summed E-state index contributed by atoms with van der Waals surface area (Å²) in [5.41, 5.74) is -0.0232. The van der Waals surface area contributed by atoms with Crippen LogP contribution in [0.25, 0.3) is 0 Å². The third-order valence-electron chi connectivity index (χ3n) is 6.30. The molecule has 1 heterocycles. The molecule has 0 aliphatic carbocycles. The van der Waals surface area contributed by atoms with Crippen molar-refractivity contribution in [2.24, 2.45) is 0 Å². The molecule has 6 nitrogen and oxygen atoms in total. The lowest BCUT2D eigenvalue weighted by Gasteiger charge is -2.37. The molecule has 34 heavy (non-hydrogen) atoms. The number of amides is 1. The molecule has 186 valence electrons. The highest BCUT2D eigenvalue weighted by Gasteiger charge is 2.40. The summed E-state index contributed by atoms with van der Waals surface area (Å²) in [6.45, 7) is 4.81. The smallest absolute Gasteiger partial charge is 0.354 e. The maximum atomic E-state index is 13.3. The summed E-state index contributed by atoms with van der Waals surface area (Å²) in [5, 5.41) is 2.98. The van der Waals surface area contributed by atoms with Gasteiger partial charge in [-0.1, -0.05) is 49.4 Å². The minimum absolute atomic E-state index is 0.00768. The van der Waals surface area contributed by atoms with Gasteiger partial charge in [-0.05, 0) is 31.0 Å². The molecule has 3 rings (SSSR count). The van der Waals surface area contributed by atoms with Crippen molar-refractivity contribution in [1.82, 2.24) is 14.5 Å². The maximum absolute atomic E-state index is 13.3. The van der Waals surface area contributed by atoms with Gasteiger partial charge in [0.05, 0.1) is 16.5 Å². The number of rotatable bonds is 8. The molecule has 0 bridgehead atoms. The first-order chi connectivity index (χ1) is 16.1. The van der Waals surface area contributed by atoms with E-state index in [1.165, 1.54) is 12.1 Å². The molecule has 2 aromatic carbocycles. The van der Waals surface area contributed by atoms with Crippen LogP contribution >= 0.6 is 0 Å².